The van der Waals surface area contributed by atoms with Crippen LogP contribution in [0.1, 0.15) is 63.4 Å². The van der Waals surface area contributed by atoms with Crippen molar-refractivity contribution in [1.29, 1.82) is 0 Å². The lowest BCUT2D eigenvalue weighted by Gasteiger charge is -2.33. The molecule has 3 rings (SSSR count). The summed E-state index contributed by atoms with van der Waals surface area (Å²) in [5.41, 5.74) is 1.12. The molecule has 0 aromatic carbocycles. The summed E-state index contributed by atoms with van der Waals surface area (Å²) >= 11 is 0. The number of aryl methyl sites for hydroxylation is 1. The first-order valence-electron chi connectivity index (χ1n) is 9.41. The molecule has 2 aliphatic rings. The van der Waals surface area contributed by atoms with E-state index in [1.807, 2.05) is 11.8 Å². The molecule has 132 valence electrons. The van der Waals surface area contributed by atoms with Gasteiger partial charge in [-0.15, -0.1) is 0 Å². The van der Waals surface area contributed by atoms with Crippen LogP contribution in [0.25, 0.3) is 0 Å². The Kier molecular flexibility index (Phi) is 5.36. The summed E-state index contributed by atoms with van der Waals surface area (Å²) in [6.07, 6.45) is 5.32. The molecule has 0 radical (unpaired) electrons. The van der Waals surface area contributed by atoms with E-state index in [1.165, 1.54) is 12.8 Å². The number of amides is 1. The van der Waals surface area contributed by atoms with Gasteiger partial charge in [-0.25, -0.2) is 9.97 Å². The SMILES string of the molecule is Cc1nc(C2CCCN(C(=O)CC(C)C)C2)cc(N2CCCC2)n1. The van der Waals surface area contributed by atoms with Gasteiger partial charge in [0.25, 0.3) is 0 Å². The van der Waals surface area contributed by atoms with Gasteiger partial charge < -0.3 is 9.80 Å². The average Bonchev–Trinajstić information content (AvgIpc) is 3.08. The largest absolute Gasteiger partial charge is 0.357 e. The lowest BCUT2D eigenvalue weighted by molar-refractivity contribution is -0.133. The number of piperidine rings is 1. The fourth-order valence-corrected chi connectivity index (χ4v) is 3.82. The molecule has 2 fully saturated rings. The van der Waals surface area contributed by atoms with Crippen molar-refractivity contribution in [2.45, 2.75) is 58.8 Å². The fraction of sp³-hybridized carbons (Fsp3) is 0.737. The fourth-order valence-electron chi connectivity index (χ4n) is 3.82. The molecule has 0 bridgehead atoms. The highest BCUT2D eigenvalue weighted by atomic mass is 16.2. The van der Waals surface area contributed by atoms with Gasteiger partial charge in [0, 0.05) is 44.6 Å². The van der Waals surface area contributed by atoms with Crippen molar-refractivity contribution in [3.63, 3.8) is 0 Å². The molecule has 3 heterocycles. The normalized spacial score (nSPS) is 21.6. The molecule has 1 aromatic heterocycles. The molecule has 1 unspecified atom stereocenters. The first-order chi connectivity index (χ1) is 11.5. The van der Waals surface area contributed by atoms with Crippen molar-refractivity contribution in [1.82, 2.24) is 14.9 Å². The highest BCUT2D eigenvalue weighted by Crippen LogP contribution is 2.29. The van der Waals surface area contributed by atoms with E-state index < -0.39 is 0 Å². The van der Waals surface area contributed by atoms with E-state index in [1.54, 1.807) is 0 Å². The number of anilines is 1. The lowest BCUT2D eigenvalue weighted by atomic mass is 9.93. The Bertz CT molecular complexity index is 581. The molecule has 0 aliphatic carbocycles. The zero-order chi connectivity index (χ0) is 17.1. The number of hydrogen-bond donors (Lipinski definition) is 0. The first-order valence-corrected chi connectivity index (χ1v) is 9.41. The molecule has 1 amide bonds. The van der Waals surface area contributed by atoms with Crippen molar-refractivity contribution < 1.29 is 4.79 Å². The second-order valence-corrected chi connectivity index (χ2v) is 7.67. The van der Waals surface area contributed by atoms with Gasteiger partial charge in [0.15, 0.2) is 0 Å². The number of likely N-dealkylation sites (tertiary alicyclic amines) is 1. The monoisotopic (exact) mass is 330 g/mol. The van der Waals surface area contributed by atoms with Gasteiger partial charge in [-0.05, 0) is 38.5 Å². The summed E-state index contributed by atoms with van der Waals surface area (Å²) in [6.45, 7) is 10.1. The Hall–Kier alpha value is -1.65. The third-order valence-electron chi connectivity index (χ3n) is 5.05. The minimum Gasteiger partial charge on any atom is -0.357 e. The van der Waals surface area contributed by atoms with E-state index in [9.17, 15) is 4.79 Å². The Morgan fingerprint density at radius 2 is 1.96 bits per heavy atom. The number of rotatable bonds is 4. The van der Waals surface area contributed by atoms with E-state index >= 15 is 0 Å². The summed E-state index contributed by atoms with van der Waals surface area (Å²) in [5, 5.41) is 0. The Morgan fingerprint density at radius 1 is 1.21 bits per heavy atom. The van der Waals surface area contributed by atoms with Gasteiger partial charge in [0.2, 0.25) is 5.91 Å². The molecule has 0 N–H and O–H groups in total. The maximum Gasteiger partial charge on any atom is 0.222 e. The molecular formula is C19H30N4O. The van der Waals surface area contributed by atoms with Crippen LogP contribution in [0, 0.1) is 12.8 Å². The van der Waals surface area contributed by atoms with E-state index in [2.05, 4.69) is 29.8 Å². The number of hydrogen-bond acceptors (Lipinski definition) is 4. The molecular weight excluding hydrogens is 300 g/mol. The van der Waals surface area contributed by atoms with Crippen molar-refractivity contribution >= 4 is 11.7 Å². The minimum atomic E-state index is 0.292. The van der Waals surface area contributed by atoms with Crippen LogP contribution in [0.4, 0.5) is 5.82 Å². The number of aromatic nitrogens is 2. The van der Waals surface area contributed by atoms with Crippen molar-refractivity contribution in [2.75, 3.05) is 31.1 Å². The maximum absolute atomic E-state index is 12.4. The molecule has 0 spiro atoms. The predicted octanol–water partition coefficient (Wildman–Crippen LogP) is 3.14. The van der Waals surface area contributed by atoms with Crippen molar-refractivity contribution in [3.8, 4) is 0 Å². The van der Waals surface area contributed by atoms with Gasteiger partial charge in [-0.3, -0.25) is 4.79 Å². The average molecular weight is 330 g/mol. The molecule has 2 aliphatic heterocycles. The van der Waals surface area contributed by atoms with Gasteiger partial charge in [0.1, 0.15) is 11.6 Å². The van der Waals surface area contributed by atoms with Crippen LogP contribution in [0.3, 0.4) is 0 Å². The van der Waals surface area contributed by atoms with Crippen LogP contribution in [0.5, 0.6) is 0 Å². The van der Waals surface area contributed by atoms with E-state index in [0.717, 1.165) is 56.4 Å². The van der Waals surface area contributed by atoms with Gasteiger partial charge in [-0.2, -0.15) is 0 Å². The predicted molar refractivity (Wildman–Crippen MR) is 96.2 cm³/mol. The second kappa shape index (κ2) is 7.49. The van der Waals surface area contributed by atoms with Crippen LogP contribution in [-0.2, 0) is 4.79 Å². The molecule has 2 saturated heterocycles. The molecule has 1 atom stereocenters. The minimum absolute atomic E-state index is 0.292. The highest BCUT2D eigenvalue weighted by molar-refractivity contribution is 5.76. The van der Waals surface area contributed by atoms with E-state index in [0.29, 0.717) is 24.2 Å². The summed E-state index contributed by atoms with van der Waals surface area (Å²) < 4.78 is 0. The second-order valence-electron chi connectivity index (χ2n) is 7.67. The molecule has 1 aromatic rings. The topological polar surface area (TPSA) is 49.3 Å². The van der Waals surface area contributed by atoms with Crippen LogP contribution in [0.15, 0.2) is 6.07 Å². The van der Waals surface area contributed by atoms with Crippen molar-refractivity contribution in [2.24, 2.45) is 5.92 Å². The number of nitrogens with zero attached hydrogens (tertiary/aromatic N) is 4. The van der Waals surface area contributed by atoms with Crippen LogP contribution >= 0.6 is 0 Å². The Balaban J connectivity index is 1.74. The maximum atomic E-state index is 12.4. The smallest absolute Gasteiger partial charge is 0.222 e. The third-order valence-corrected chi connectivity index (χ3v) is 5.05. The van der Waals surface area contributed by atoms with Crippen LogP contribution in [0.2, 0.25) is 0 Å². The summed E-state index contributed by atoms with van der Waals surface area (Å²) in [4.78, 5) is 26.2. The first kappa shape index (κ1) is 17.2. The van der Waals surface area contributed by atoms with E-state index in [4.69, 9.17) is 4.98 Å². The van der Waals surface area contributed by atoms with E-state index in [-0.39, 0.29) is 0 Å². The standard InChI is InChI=1S/C19H30N4O/c1-14(2)11-19(24)23-10-6-7-16(13-23)17-12-18(21-15(3)20-17)22-8-4-5-9-22/h12,14,16H,4-11,13H2,1-3H3. The van der Waals surface area contributed by atoms with Gasteiger partial charge in [0.05, 0.1) is 5.69 Å². The quantitative estimate of drug-likeness (QED) is 0.851. The molecule has 24 heavy (non-hydrogen) atoms. The summed E-state index contributed by atoms with van der Waals surface area (Å²) in [7, 11) is 0. The van der Waals surface area contributed by atoms with Crippen molar-refractivity contribution in [3.05, 3.63) is 17.6 Å². The Labute approximate surface area is 145 Å². The summed E-state index contributed by atoms with van der Waals surface area (Å²) in [6, 6.07) is 2.17. The van der Waals surface area contributed by atoms with Gasteiger partial charge in [-0.1, -0.05) is 13.8 Å². The summed E-state index contributed by atoms with van der Waals surface area (Å²) in [5.74, 6) is 2.97. The lowest BCUT2D eigenvalue weighted by Crippen LogP contribution is -2.39. The third kappa shape index (κ3) is 4.05. The molecule has 5 nitrogen and oxygen atoms in total. The highest BCUT2D eigenvalue weighted by Gasteiger charge is 2.27. The molecule has 5 heteroatoms. The number of carbonyl (C=O) groups is 1. The van der Waals surface area contributed by atoms with Gasteiger partial charge >= 0.3 is 0 Å². The van der Waals surface area contributed by atoms with Crippen LogP contribution < -0.4 is 4.90 Å². The van der Waals surface area contributed by atoms with Crippen LogP contribution in [-0.4, -0.2) is 47.0 Å². The zero-order valence-corrected chi connectivity index (χ0v) is 15.3. The number of carbonyl (C=O) groups excluding carboxylic acids is 1. The molecule has 0 saturated carbocycles. The zero-order valence-electron chi connectivity index (χ0n) is 15.3. The Morgan fingerprint density at radius 3 is 2.67 bits per heavy atom.